The smallest absolute Gasteiger partial charge is 0.245 e. The molecule has 1 aromatic rings. The fourth-order valence-electron chi connectivity index (χ4n) is 2.31. The SMILES string of the molecule is NCCC1CCN(S(=O)(=O)c2cc(Cl)sc2Cl)CC1. The van der Waals surface area contributed by atoms with Gasteiger partial charge in [-0.3, -0.25) is 0 Å². The molecule has 0 saturated carbocycles. The molecule has 0 spiro atoms. The van der Waals surface area contributed by atoms with Crippen molar-refractivity contribution < 1.29 is 8.42 Å². The van der Waals surface area contributed by atoms with Crippen LogP contribution in [0.25, 0.3) is 0 Å². The number of hydrogen-bond donors (Lipinski definition) is 1. The van der Waals surface area contributed by atoms with E-state index in [1.54, 1.807) is 0 Å². The molecule has 19 heavy (non-hydrogen) atoms. The quantitative estimate of drug-likeness (QED) is 0.914. The first-order valence-electron chi connectivity index (χ1n) is 6.10. The normalized spacial score (nSPS) is 18.9. The van der Waals surface area contributed by atoms with Gasteiger partial charge in [-0.15, -0.1) is 11.3 Å². The van der Waals surface area contributed by atoms with Crippen molar-refractivity contribution in [3.63, 3.8) is 0 Å². The van der Waals surface area contributed by atoms with Gasteiger partial charge in [-0.05, 0) is 37.8 Å². The number of sulfonamides is 1. The van der Waals surface area contributed by atoms with Crippen LogP contribution in [0.15, 0.2) is 11.0 Å². The highest BCUT2D eigenvalue weighted by Crippen LogP contribution is 2.36. The Balaban J connectivity index is 2.12. The van der Waals surface area contributed by atoms with E-state index in [0.29, 0.717) is 29.9 Å². The van der Waals surface area contributed by atoms with Crippen molar-refractivity contribution in [2.45, 2.75) is 24.2 Å². The first kappa shape index (κ1) is 15.5. The van der Waals surface area contributed by atoms with Gasteiger partial charge in [0.1, 0.15) is 9.23 Å². The zero-order valence-electron chi connectivity index (χ0n) is 10.3. The van der Waals surface area contributed by atoms with Crippen LogP contribution in [0.3, 0.4) is 0 Å². The van der Waals surface area contributed by atoms with Crippen molar-refractivity contribution in [1.82, 2.24) is 4.31 Å². The molecule has 1 aromatic heterocycles. The van der Waals surface area contributed by atoms with Crippen molar-refractivity contribution >= 4 is 44.6 Å². The lowest BCUT2D eigenvalue weighted by molar-refractivity contribution is 0.266. The molecular weight excluding hydrogens is 327 g/mol. The second-order valence-electron chi connectivity index (χ2n) is 4.61. The van der Waals surface area contributed by atoms with Crippen molar-refractivity contribution in [2.24, 2.45) is 11.7 Å². The zero-order valence-corrected chi connectivity index (χ0v) is 13.5. The summed E-state index contributed by atoms with van der Waals surface area (Å²) in [6.45, 7) is 1.71. The van der Waals surface area contributed by atoms with Gasteiger partial charge in [0.2, 0.25) is 10.0 Å². The summed E-state index contributed by atoms with van der Waals surface area (Å²) in [7, 11) is -3.51. The molecule has 1 fully saturated rings. The third-order valence-corrected chi connectivity index (χ3v) is 7.04. The number of nitrogens with zero attached hydrogens (tertiary/aromatic N) is 1. The van der Waals surface area contributed by atoms with Crippen LogP contribution in [0.5, 0.6) is 0 Å². The number of hydrogen-bond acceptors (Lipinski definition) is 4. The fourth-order valence-corrected chi connectivity index (χ4v) is 5.90. The third kappa shape index (κ3) is 3.43. The summed E-state index contributed by atoms with van der Waals surface area (Å²) in [4.78, 5) is 0.126. The molecule has 2 rings (SSSR count). The van der Waals surface area contributed by atoms with Crippen LogP contribution in [0.1, 0.15) is 19.3 Å². The highest BCUT2D eigenvalue weighted by molar-refractivity contribution is 7.89. The Morgan fingerprint density at radius 3 is 2.47 bits per heavy atom. The van der Waals surface area contributed by atoms with Crippen LogP contribution < -0.4 is 5.73 Å². The molecule has 4 nitrogen and oxygen atoms in total. The molecular formula is C11H16Cl2N2O2S2. The molecule has 2 heterocycles. The van der Waals surface area contributed by atoms with E-state index in [1.165, 1.54) is 10.4 Å². The van der Waals surface area contributed by atoms with Gasteiger partial charge in [0.15, 0.2) is 0 Å². The molecule has 108 valence electrons. The Bertz CT molecular complexity index is 537. The number of piperidine rings is 1. The number of thiophene rings is 1. The van der Waals surface area contributed by atoms with E-state index in [4.69, 9.17) is 28.9 Å². The molecule has 0 atom stereocenters. The zero-order chi connectivity index (χ0) is 14.0. The molecule has 1 saturated heterocycles. The minimum Gasteiger partial charge on any atom is -0.330 e. The second-order valence-corrected chi connectivity index (χ2v) is 8.81. The molecule has 1 aliphatic heterocycles. The predicted octanol–water partition coefficient (Wildman–Crippen LogP) is 2.80. The van der Waals surface area contributed by atoms with Crippen LogP contribution in [-0.4, -0.2) is 32.4 Å². The summed E-state index contributed by atoms with van der Waals surface area (Å²) in [5.74, 6) is 0.526. The van der Waals surface area contributed by atoms with E-state index in [0.717, 1.165) is 30.6 Å². The van der Waals surface area contributed by atoms with Gasteiger partial charge in [0, 0.05) is 13.1 Å². The molecule has 0 aromatic carbocycles. The van der Waals surface area contributed by atoms with Crippen molar-refractivity contribution in [2.75, 3.05) is 19.6 Å². The van der Waals surface area contributed by atoms with Gasteiger partial charge in [0.05, 0.1) is 4.34 Å². The van der Waals surface area contributed by atoms with Crippen LogP contribution >= 0.6 is 34.5 Å². The Morgan fingerprint density at radius 1 is 1.37 bits per heavy atom. The Morgan fingerprint density at radius 2 is 2.00 bits per heavy atom. The largest absolute Gasteiger partial charge is 0.330 e. The Labute approximate surface area is 127 Å². The maximum absolute atomic E-state index is 12.5. The number of rotatable bonds is 4. The molecule has 0 aliphatic carbocycles. The first-order valence-corrected chi connectivity index (χ1v) is 9.11. The second kappa shape index (κ2) is 6.28. The molecule has 0 unspecified atom stereocenters. The van der Waals surface area contributed by atoms with Gasteiger partial charge in [-0.1, -0.05) is 23.2 Å². The van der Waals surface area contributed by atoms with E-state index >= 15 is 0 Å². The van der Waals surface area contributed by atoms with Crippen LogP contribution in [0, 0.1) is 5.92 Å². The van der Waals surface area contributed by atoms with Gasteiger partial charge in [-0.25, -0.2) is 8.42 Å². The molecule has 0 bridgehead atoms. The van der Waals surface area contributed by atoms with Gasteiger partial charge in [0.25, 0.3) is 0 Å². The maximum atomic E-state index is 12.5. The molecule has 0 amide bonds. The van der Waals surface area contributed by atoms with Gasteiger partial charge in [-0.2, -0.15) is 4.31 Å². The summed E-state index contributed by atoms with van der Waals surface area (Å²) >= 11 is 12.8. The molecule has 1 aliphatic rings. The Hall–Kier alpha value is 0.150. The van der Waals surface area contributed by atoms with E-state index in [2.05, 4.69) is 0 Å². The minimum absolute atomic E-state index is 0.126. The van der Waals surface area contributed by atoms with Crippen molar-refractivity contribution in [1.29, 1.82) is 0 Å². The van der Waals surface area contributed by atoms with E-state index in [-0.39, 0.29) is 9.23 Å². The van der Waals surface area contributed by atoms with Crippen LogP contribution in [-0.2, 0) is 10.0 Å². The van der Waals surface area contributed by atoms with Crippen molar-refractivity contribution in [3.8, 4) is 0 Å². The third-order valence-electron chi connectivity index (χ3n) is 3.39. The molecule has 8 heteroatoms. The predicted molar refractivity (Wildman–Crippen MR) is 79.5 cm³/mol. The fraction of sp³-hybridized carbons (Fsp3) is 0.636. The standard InChI is InChI=1S/C11H16Cl2N2O2S2/c12-10-7-9(11(13)18-10)19(16,17)15-5-2-8(1-4-14)3-6-15/h7-8H,1-6,14H2. The van der Waals surface area contributed by atoms with Crippen LogP contribution in [0.2, 0.25) is 8.67 Å². The summed E-state index contributed by atoms with van der Waals surface area (Å²) < 4.78 is 27.0. The Kier molecular flexibility index (Phi) is 5.14. The van der Waals surface area contributed by atoms with Gasteiger partial charge < -0.3 is 5.73 Å². The first-order chi connectivity index (χ1) is 8.95. The average Bonchev–Trinajstić information content (AvgIpc) is 2.70. The highest BCUT2D eigenvalue weighted by atomic mass is 35.5. The lowest BCUT2D eigenvalue weighted by Crippen LogP contribution is -2.38. The summed E-state index contributed by atoms with van der Waals surface area (Å²) in [5, 5.41) is 0. The molecule has 2 N–H and O–H groups in total. The van der Waals surface area contributed by atoms with E-state index in [1.807, 2.05) is 0 Å². The minimum atomic E-state index is -3.51. The number of halogens is 2. The lowest BCUT2D eigenvalue weighted by Gasteiger charge is -2.30. The summed E-state index contributed by atoms with van der Waals surface area (Å²) in [5.41, 5.74) is 5.53. The average molecular weight is 343 g/mol. The van der Waals surface area contributed by atoms with Crippen LogP contribution in [0.4, 0.5) is 0 Å². The highest BCUT2D eigenvalue weighted by Gasteiger charge is 2.31. The van der Waals surface area contributed by atoms with Crippen molar-refractivity contribution in [3.05, 3.63) is 14.7 Å². The van der Waals surface area contributed by atoms with Gasteiger partial charge >= 0.3 is 0 Å². The maximum Gasteiger partial charge on any atom is 0.245 e. The van der Waals surface area contributed by atoms with E-state index in [9.17, 15) is 8.42 Å². The summed E-state index contributed by atoms with van der Waals surface area (Å²) in [6.07, 6.45) is 2.66. The molecule has 0 radical (unpaired) electrons. The van der Waals surface area contributed by atoms with E-state index < -0.39 is 10.0 Å². The summed E-state index contributed by atoms with van der Waals surface area (Å²) in [6, 6.07) is 1.43. The monoisotopic (exact) mass is 342 g/mol. The lowest BCUT2D eigenvalue weighted by atomic mass is 9.95. The number of nitrogens with two attached hydrogens (primary N) is 1. The topological polar surface area (TPSA) is 63.4 Å².